The molecule has 1 heterocycles. The van der Waals surface area contributed by atoms with Crippen LogP contribution in [0.15, 0.2) is 60.7 Å². The third-order valence-corrected chi connectivity index (χ3v) is 5.07. The van der Waals surface area contributed by atoms with Crippen molar-refractivity contribution in [3.63, 3.8) is 0 Å². The van der Waals surface area contributed by atoms with Gasteiger partial charge in [0.2, 0.25) is 5.91 Å². The predicted octanol–water partition coefficient (Wildman–Crippen LogP) is 3.76. The van der Waals surface area contributed by atoms with Crippen molar-refractivity contribution in [3.05, 3.63) is 66.2 Å². The van der Waals surface area contributed by atoms with Gasteiger partial charge in [0.15, 0.2) is 5.72 Å². The van der Waals surface area contributed by atoms with Crippen molar-refractivity contribution in [1.82, 2.24) is 4.90 Å². The highest BCUT2D eigenvalue weighted by molar-refractivity contribution is 5.73. The third-order valence-electron chi connectivity index (χ3n) is 5.07. The molecule has 0 aliphatic carbocycles. The Hall–Kier alpha value is -2.33. The minimum absolute atomic E-state index is 0.281. The van der Waals surface area contributed by atoms with E-state index in [9.17, 15) is 4.79 Å². The lowest BCUT2D eigenvalue weighted by atomic mass is 9.93. The molecule has 0 aromatic heterocycles. The van der Waals surface area contributed by atoms with Crippen LogP contribution in [-0.4, -0.2) is 29.6 Å². The fourth-order valence-corrected chi connectivity index (χ4v) is 3.75. The van der Waals surface area contributed by atoms with Gasteiger partial charge >= 0.3 is 0 Å². The summed E-state index contributed by atoms with van der Waals surface area (Å²) in [6.45, 7) is 1.97. The number of carbonyl (C=O) groups is 1. The van der Waals surface area contributed by atoms with Crippen LogP contribution in [0.5, 0.6) is 5.75 Å². The van der Waals surface area contributed by atoms with Crippen LogP contribution < -0.4 is 10.5 Å². The highest BCUT2D eigenvalue weighted by Gasteiger charge is 2.40. The molecule has 0 radical (unpaired) electrons. The summed E-state index contributed by atoms with van der Waals surface area (Å²) in [4.78, 5) is 14.0. The topological polar surface area (TPSA) is 55.6 Å². The summed E-state index contributed by atoms with van der Waals surface area (Å²) < 4.78 is 6.61. The molecular weight excluding hydrogens is 324 g/mol. The van der Waals surface area contributed by atoms with Crippen molar-refractivity contribution >= 4 is 5.91 Å². The average Bonchev–Trinajstić information content (AvgIpc) is 2.68. The van der Waals surface area contributed by atoms with Gasteiger partial charge in [0.25, 0.3) is 0 Å². The largest absolute Gasteiger partial charge is 0.472 e. The monoisotopic (exact) mass is 352 g/mol. The number of primary amides is 1. The normalized spacial score (nSPS) is 17.4. The molecule has 1 saturated heterocycles. The molecule has 1 atom stereocenters. The zero-order valence-electron chi connectivity index (χ0n) is 15.3. The van der Waals surface area contributed by atoms with Gasteiger partial charge in [-0.1, -0.05) is 55.0 Å². The maximum atomic E-state index is 11.6. The van der Waals surface area contributed by atoms with Crippen LogP contribution in [0.25, 0.3) is 0 Å². The second-order valence-electron chi connectivity index (χ2n) is 7.04. The second kappa shape index (κ2) is 8.86. The summed E-state index contributed by atoms with van der Waals surface area (Å²) in [5, 5.41) is 0. The molecule has 2 aromatic rings. The smallest absolute Gasteiger partial charge is 0.217 e. The first-order valence-electron chi connectivity index (χ1n) is 9.49. The molecule has 2 aromatic carbocycles. The van der Waals surface area contributed by atoms with Crippen molar-refractivity contribution in [2.75, 3.05) is 13.1 Å². The number of nitrogens with zero attached hydrogens (tertiary/aromatic N) is 1. The van der Waals surface area contributed by atoms with Crippen LogP contribution in [0, 0.1) is 0 Å². The van der Waals surface area contributed by atoms with Gasteiger partial charge in [0.05, 0.1) is 0 Å². The number of hydrogen-bond acceptors (Lipinski definition) is 3. The number of rotatable bonds is 8. The summed E-state index contributed by atoms with van der Waals surface area (Å²) >= 11 is 0. The Bertz CT molecular complexity index is 640. The summed E-state index contributed by atoms with van der Waals surface area (Å²) in [7, 11) is 0. The Kier molecular flexibility index (Phi) is 6.29. The number of benzene rings is 2. The number of carbonyl (C=O) groups excluding carboxylic acids is 1. The molecule has 0 bridgehead atoms. The van der Waals surface area contributed by atoms with Gasteiger partial charge in [0, 0.05) is 32.4 Å². The summed E-state index contributed by atoms with van der Waals surface area (Å²) in [6.07, 6.45) is 5.20. The molecule has 4 heteroatoms. The van der Waals surface area contributed by atoms with E-state index in [0.29, 0.717) is 12.8 Å². The first kappa shape index (κ1) is 18.5. The lowest BCUT2D eigenvalue weighted by Gasteiger charge is -2.46. The van der Waals surface area contributed by atoms with Gasteiger partial charge < -0.3 is 10.5 Å². The van der Waals surface area contributed by atoms with Crippen molar-refractivity contribution in [2.24, 2.45) is 5.73 Å². The highest BCUT2D eigenvalue weighted by Crippen LogP contribution is 2.32. The minimum Gasteiger partial charge on any atom is -0.472 e. The van der Waals surface area contributed by atoms with Crippen LogP contribution >= 0.6 is 0 Å². The maximum absolute atomic E-state index is 11.6. The van der Waals surface area contributed by atoms with Crippen molar-refractivity contribution in [1.29, 1.82) is 0 Å². The van der Waals surface area contributed by atoms with Gasteiger partial charge in [-0.2, -0.15) is 0 Å². The highest BCUT2D eigenvalue weighted by atomic mass is 16.5. The van der Waals surface area contributed by atoms with E-state index in [-0.39, 0.29) is 5.91 Å². The molecule has 1 fully saturated rings. The van der Waals surface area contributed by atoms with E-state index in [0.717, 1.165) is 38.1 Å². The quantitative estimate of drug-likeness (QED) is 0.787. The van der Waals surface area contributed by atoms with E-state index in [1.165, 1.54) is 12.0 Å². The zero-order valence-corrected chi connectivity index (χ0v) is 15.3. The van der Waals surface area contributed by atoms with Crippen LogP contribution in [0.2, 0.25) is 0 Å². The van der Waals surface area contributed by atoms with E-state index in [4.69, 9.17) is 10.5 Å². The third kappa shape index (κ3) is 4.85. The maximum Gasteiger partial charge on any atom is 0.217 e. The SMILES string of the molecule is NC(=O)CCC(Cc1ccccc1)(Oc1ccccc1)N1CCCCC1. The van der Waals surface area contributed by atoms with E-state index in [1.54, 1.807) is 0 Å². The predicted molar refractivity (Wildman–Crippen MR) is 104 cm³/mol. The average molecular weight is 352 g/mol. The number of para-hydroxylation sites is 1. The summed E-state index contributed by atoms with van der Waals surface area (Å²) in [5.41, 5.74) is 6.15. The minimum atomic E-state index is -0.557. The van der Waals surface area contributed by atoms with Crippen LogP contribution in [0.1, 0.15) is 37.7 Å². The summed E-state index contributed by atoms with van der Waals surface area (Å²) in [6, 6.07) is 20.3. The molecule has 1 unspecified atom stereocenters. The Labute approximate surface area is 156 Å². The van der Waals surface area contributed by atoms with Gasteiger partial charge in [-0.25, -0.2) is 0 Å². The first-order valence-corrected chi connectivity index (χ1v) is 9.49. The van der Waals surface area contributed by atoms with Crippen molar-refractivity contribution < 1.29 is 9.53 Å². The molecule has 0 spiro atoms. The van der Waals surface area contributed by atoms with E-state index < -0.39 is 5.72 Å². The van der Waals surface area contributed by atoms with Crippen LogP contribution in [0.3, 0.4) is 0 Å². The number of likely N-dealkylation sites (tertiary alicyclic amines) is 1. The fourth-order valence-electron chi connectivity index (χ4n) is 3.75. The van der Waals surface area contributed by atoms with Gasteiger partial charge in [0.1, 0.15) is 5.75 Å². The molecule has 1 aliphatic rings. The lowest BCUT2D eigenvalue weighted by Crippen LogP contribution is -2.57. The molecule has 3 rings (SSSR count). The lowest BCUT2D eigenvalue weighted by molar-refractivity contribution is -0.125. The van der Waals surface area contributed by atoms with Gasteiger partial charge in [-0.3, -0.25) is 9.69 Å². The van der Waals surface area contributed by atoms with Crippen molar-refractivity contribution in [3.8, 4) is 5.75 Å². The standard InChI is InChI=1S/C22H28N2O2/c23-21(25)14-15-22(24-16-8-3-9-17-24,18-19-10-4-1-5-11-19)26-20-12-6-2-7-13-20/h1-2,4-7,10-13H,3,8-9,14-18H2,(H2,23,25). The molecular formula is C22H28N2O2. The molecule has 1 aliphatic heterocycles. The van der Waals surface area contributed by atoms with Gasteiger partial charge in [-0.15, -0.1) is 0 Å². The molecule has 1 amide bonds. The molecule has 138 valence electrons. The number of hydrogen-bond donors (Lipinski definition) is 1. The molecule has 2 N–H and O–H groups in total. The molecule has 26 heavy (non-hydrogen) atoms. The zero-order chi connectivity index (χ0) is 18.2. The summed E-state index contributed by atoms with van der Waals surface area (Å²) in [5.74, 6) is 0.551. The Balaban J connectivity index is 1.94. The van der Waals surface area contributed by atoms with E-state index >= 15 is 0 Å². The Morgan fingerprint density at radius 2 is 1.58 bits per heavy atom. The second-order valence-corrected chi connectivity index (χ2v) is 7.04. The Morgan fingerprint density at radius 3 is 2.19 bits per heavy atom. The van der Waals surface area contributed by atoms with E-state index in [1.807, 2.05) is 48.5 Å². The first-order chi connectivity index (χ1) is 12.7. The van der Waals surface area contributed by atoms with Crippen molar-refractivity contribution in [2.45, 2.75) is 44.2 Å². The van der Waals surface area contributed by atoms with Gasteiger partial charge in [-0.05, 0) is 30.5 Å². The Morgan fingerprint density at radius 1 is 0.962 bits per heavy atom. The van der Waals surface area contributed by atoms with Crippen LogP contribution in [0.4, 0.5) is 0 Å². The molecule has 0 saturated carbocycles. The number of amides is 1. The fraction of sp³-hybridized carbons (Fsp3) is 0.409. The number of nitrogens with two attached hydrogens (primary N) is 1. The number of ether oxygens (including phenoxy) is 1. The van der Waals surface area contributed by atoms with E-state index in [2.05, 4.69) is 17.0 Å². The van der Waals surface area contributed by atoms with Crippen LogP contribution in [-0.2, 0) is 11.2 Å². The number of piperidine rings is 1. The molecule has 4 nitrogen and oxygen atoms in total.